The van der Waals surface area contributed by atoms with Gasteiger partial charge in [0.1, 0.15) is 18.5 Å². The van der Waals surface area contributed by atoms with E-state index in [2.05, 4.69) is 10.4 Å². The third-order valence-electron chi connectivity index (χ3n) is 5.87. The average molecular weight is 508 g/mol. The number of rotatable bonds is 10. The Morgan fingerprint density at radius 1 is 1.33 bits per heavy atom. The molecule has 0 amide bonds. The number of hydrogen-bond donors (Lipinski definition) is 2. The second-order valence-electron chi connectivity index (χ2n) is 8.89. The quantitative estimate of drug-likeness (QED) is 0.405. The Morgan fingerprint density at radius 2 is 2.17 bits per heavy atom. The van der Waals surface area contributed by atoms with E-state index in [9.17, 15) is 18.3 Å². The smallest absolute Gasteiger partial charge is 0.419 e. The van der Waals surface area contributed by atoms with Crippen LogP contribution in [0.15, 0.2) is 36.9 Å². The first-order valence-corrected chi connectivity index (χ1v) is 11.7. The van der Waals surface area contributed by atoms with Crippen LogP contribution in [0.25, 0.3) is 17.2 Å². The van der Waals surface area contributed by atoms with E-state index in [0.717, 1.165) is 22.4 Å². The zero-order chi connectivity index (χ0) is 25.7. The van der Waals surface area contributed by atoms with Crippen LogP contribution in [0.3, 0.4) is 0 Å². The molecule has 2 atom stereocenters. The Hall–Kier alpha value is -3.09. The maximum atomic E-state index is 12.9. The van der Waals surface area contributed by atoms with E-state index >= 15 is 0 Å². The first-order valence-electron chi connectivity index (χ1n) is 11.7. The van der Waals surface area contributed by atoms with Gasteiger partial charge in [-0.25, -0.2) is 4.98 Å². The number of hydrogen-bond acceptors (Lipinski definition) is 7. The first kappa shape index (κ1) is 26.0. The van der Waals surface area contributed by atoms with Crippen LogP contribution in [0, 0.1) is 12.8 Å². The van der Waals surface area contributed by atoms with E-state index in [-0.39, 0.29) is 6.61 Å². The maximum absolute atomic E-state index is 12.9. The fourth-order valence-corrected chi connectivity index (χ4v) is 4.06. The van der Waals surface area contributed by atoms with Crippen LogP contribution in [-0.2, 0) is 17.7 Å². The van der Waals surface area contributed by atoms with Crippen LogP contribution in [0.1, 0.15) is 17.7 Å². The molecule has 3 aromatic rings. The standard InChI is InChI=1S/C24H30F3N6O3/c1-16-21(8-17-6-7-35-11-17)30-22(18-4-3-5-20(9-18)36-12-19(34)10-28-2)31-23(16)32-14-29-33(15-32)13-24(25,26)27/h3-5,9,14-15,17,19,28,34H,6-8,10-13H2,1-2H3/q+1/t17-,19?/m0/s1. The van der Waals surface area contributed by atoms with Gasteiger partial charge in [0.2, 0.25) is 18.0 Å². The summed E-state index contributed by atoms with van der Waals surface area (Å²) < 4.78 is 52.1. The van der Waals surface area contributed by atoms with Crippen molar-refractivity contribution in [3.8, 4) is 23.0 Å². The molecule has 1 aliphatic heterocycles. The topological polar surface area (TPSA) is 98.2 Å². The molecule has 36 heavy (non-hydrogen) atoms. The molecule has 0 spiro atoms. The second-order valence-corrected chi connectivity index (χ2v) is 8.89. The Kier molecular flexibility index (Phi) is 8.17. The summed E-state index contributed by atoms with van der Waals surface area (Å²) in [6.45, 7) is 2.53. The summed E-state index contributed by atoms with van der Waals surface area (Å²) in [5.41, 5.74) is 2.26. The van der Waals surface area contributed by atoms with Crippen LogP contribution in [0.5, 0.6) is 5.75 Å². The highest BCUT2D eigenvalue weighted by atomic mass is 19.4. The summed E-state index contributed by atoms with van der Waals surface area (Å²) in [5, 5.41) is 16.7. The predicted molar refractivity (Wildman–Crippen MR) is 124 cm³/mol. The van der Waals surface area contributed by atoms with Crippen molar-refractivity contribution in [1.82, 2.24) is 25.1 Å². The Morgan fingerprint density at radius 3 is 2.89 bits per heavy atom. The monoisotopic (exact) mass is 507 g/mol. The second kappa shape index (κ2) is 11.3. The molecule has 0 bridgehead atoms. The molecular formula is C24H30F3N6O3+. The highest BCUT2D eigenvalue weighted by molar-refractivity contribution is 5.59. The average Bonchev–Trinajstić information content (AvgIpc) is 3.51. The third-order valence-corrected chi connectivity index (χ3v) is 5.87. The Balaban J connectivity index is 1.68. The molecule has 1 fully saturated rings. The number of aliphatic hydroxyl groups excluding tert-OH is 1. The number of ether oxygens (including phenoxy) is 2. The van der Waals surface area contributed by atoms with Gasteiger partial charge >= 0.3 is 6.18 Å². The lowest BCUT2D eigenvalue weighted by Crippen LogP contribution is -2.32. The van der Waals surface area contributed by atoms with Crippen LogP contribution < -0.4 is 14.6 Å². The van der Waals surface area contributed by atoms with Crippen molar-refractivity contribution in [3.05, 3.63) is 48.2 Å². The number of nitrogens with one attached hydrogen (secondary N) is 1. The van der Waals surface area contributed by atoms with Crippen molar-refractivity contribution in [3.63, 3.8) is 0 Å². The summed E-state index contributed by atoms with van der Waals surface area (Å²) in [4.78, 5) is 9.52. The molecule has 194 valence electrons. The van der Waals surface area contributed by atoms with Crippen molar-refractivity contribution in [2.75, 3.05) is 33.4 Å². The van der Waals surface area contributed by atoms with Gasteiger partial charge in [-0.2, -0.15) is 17.7 Å². The zero-order valence-electron chi connectivity index (χ0n) is 20.2. The molecular weight excluding hydrogens is 477 g/mol. The zero-order valence-corrected chi connectivity index (χ0v) is 20.2. The van der Waals surface area contributed by atoms with Gasteiger partial charge in [0.15, 0.2) is 12.9 Å². The van der Waals surface area contributed by atoms with E-state index in [1.54, 1.807) is 25.2 Å². The lowest BCUT2D eigenvalue weighted by molar-refractivity contribution is -0.601. The molecule has 1 aliphatic rings. The fraction of sp³-hybridized carbons (Fsp3) is 0.500. The van der Waals surface area contributed by atoms with Gasteiger partial charge in [-0.15, -0.1) is 9.67 Å². The minimum atomic E-state index is -4.38. The van der Waals surface area contributed by atoms with E-state index in [1.165, 1.54) is 17.2 Å². The van der Waals surface area contributed by atoms with Crippen LogP contribution in [0.2, 0.25) is 0 Å². The van der Waals surface area contributed by atoms with E-state index < -0.39 is 18.8 Å². The number of alkyl halides is 3. The number of aromatic nitrogens is 5. The number of aliphatic hydroxyl groups is 1. The molecule has 4 rings (SSSR count). The predicted octanol–water partition coefficient (Wildman–Crippen LogP) is 2.03. The lowest BCUT2D eigenvalue weighted by Gasteiger charge is -2.14. The van der Waals surface area contributed by atoms with Crippen molar-refractivity contribution in [1.29, 1.82) is 0 Å². The molecule has 1 aromatic carbocycles. The summed E-state index contributed by atoms with van der Waals surface area (Å²) in [7, 11) is 1.75. The molecule has 12 heteroatoms. The number of nitrogens with zero attached hydrogens (tertiary/aromatic N) is 5. The van der Waals surface area contributed by atoms with Gasteiger partial charge in [0, 0.05) is 30.9 Å². The van der Waals surface area contributed by atoms with Crippen molar-refractivity contribution < 1.29 is 32.3 Å². The normalized spacial score (nSPS) is 16.9. The summed E-state index contributed by atoms with van der Waals surface area (Å²) in [6, 6.07) is 7.20. The Labute approximate surface area is 206 Å². The molecule has 2 N–H and O–H groups in total. The highest BCUT2D eigenvalue weighted by Crippen LogP contribution is 2.26. The van der Waals surface area contributed by atoms with Crippen molar-refractivity contribution >= 4 is 0 Å². The SMILES string of the molecule is CNCC(O)COc1cccc(-c2nc(C[C@@H]3CCOC3)c(C)c(-[n+]3cnn(CC(F)(F)F)c3)n2)c1. The Bertz CT molecular complexity index is 1160. The molecule has 0 radical (unpaired) electrons. The molecule has 3 heterocycles. The minimum Gasteiger partial charge on any atom is -0.491 e. The van der Waals surface area contributed by atoms with Gasteiger partial charge in [0.25, 0.3) is 0 Å². The number of halogens is 3. The summed E-state index contributed by atoms with van der Waals surface area (Å²) in [5.74, 6) is 1.73. The molecule has 2 aromatic heterocycles. The van der Waals surface area contributed by atoms with E-state index in [0.29, 0.717) is 55.1 Å². The minimum absolute atomic E-state index is 0.117. The van der Waals surface area contributed by atoms with Gasteiger partial charge in [-0.05, 0) is 56.0 Å². The lowest BCUT2D eigenvalue weighted by atomic mass is 9.99. The molecule has 1 saturated heterocycles. The number of likely N-dealkylation sites (N-methyl/N-ethyl adjacent to an activating group) is 1. The molecule has 1 unspecified atom stereocenters. The van der Waals surface area contributed by atoms with Crippen LogP contribution >= 0.6 is 0 Å². The molecule has 0 aliphatic carbocycles. The van der Waals surface area contributed by atoms with Crippen molar-refractivity contribution in [2.45, 2.75) is 38.6 Å². The summed E-state index contributed by atoms with van der Waals surface area (Å²) in [6.07, 6.45) is -0.870. The van der Waals surface area contributed by atoms with Gasteiger partial charge in [-0.1, -0.05) is 6.07 Å². The van der Waals surface area contributed by atoms with Crippen molar-refractivity contribution in [2.24, 2.45) is 5.92 Å². The third kappa shape index (κ3) is 6.77. The highest BCUT2D eigenvalue weighted by Gasteiger charge is 2.32. The number of benzene rings is 1. The van der Waals surface area contributed by atoms with Gasteiger partial charge in [-0.3, -0.25) is 0 Å². The van der Waals surface area contributed by atoms with Gasteiger partial charge < -0.3 is 19.9 Å². The first-order chi connectivity index (χ1) is 17.2. The maximum Gasteiger partial charge on any atom is 0.419 e. The molecule has 9 nitrogen and oxygen atoms in total. The van der Waals surface area contributed by atoms with Crippen LogP contribution in [-0.4, -0.2) is 70.5 Å². The van der Waals surface area contributed by atoms with E-state index in [1.807, 2.05) is 13.0 Å². The van der Waals surface area contributed by atoms with E-state index in [4.69, 9.17) is 19.4 Å². The largest absolute Gasteiger partial charge is 0.491 e. The van der Waals surface area contributed by atoms with Gasteiger partial charge in [0.05, 0.1) is 5.69 Å². The molecule has 0 saturated carbocycles. The summed E-state index contributed by atoms with van der Waals surface area (Å²) >= 11 is 0. The fourth-order valence-electron chi connectivity index (χ4n) is 4.06. The van der Waals surface area contributed by atoms with Crippen LogP contribution in [0.4, 0.5) is 13.2 Å².